The summed E-state index contributed by atoms with van der Waals surface area (Å²) in [7, 11) is 0. The van der Waals surface area contributed by atoms with Gasteiger partial charge in [-0.1, -0.05) is 127 Å². The van der Waals surface area contributed by atoms with Crippen LogP contribution in [0.15, 0.2) is 180 Å². The van der Waals surface area contributed by atoms with Crippen molar-refractivity contribution in [3.8, 4) is 22.3 Å². The third-order valence-corrected chi connectivity index (χ3v) is 13.3. The van der Waals surface area contributed by atoms with E-state index in [0.717, 1.165) is 59.0 Å². The predicted molar refractivity (Wildman–Crippen MR) is 223 cm³/mol. The van der Waals surface area contributed by atoms with E-state index in [2.05, 4.69) is 175 Å². The molecule has 0 radical (unpaired) electrons. The van der Waals surface area contributed by atoms with Crippen molar-refractivity contribution in [1.82, 2.24) is 0 Å². The highest BCUT2D eigenvalue weighted by atomic mass is 16.3. The molecule has 1 aromatic heterocycles. The number of nitrogens with zero attached hydrogens (tertiary/aromatic N) is 1. The standard InChI is InChI=1S/C52H37NO/c1-2-12-35-31-36(22-21-34(35)11-1)53(38-24-26-44-43-16-6-10-20-49(43)54-50(44)33-38)37-23-25-42-41-15-5-9-19-47(41)52(48(42)32-37)29-27-51(28-30-52)45-17-7-3-13-39(45)40-14-4-8-18-46(40)51/h1-26,31-33H,27-30H2. The highest BCUT2D eigenvalue weighted by molar-refractivity contribution is 6.06. The SMILES string of the molecule is c1ccc2c(c1)-c1ccccc1C21CCC2(CC1)c1ccccc1-c1ccc(N(c3ccc4ccccc4c3)c3ccc4c(c3)oc3ccccc34)cc12. The molecule has 256 valence electrons. The Hall–Kier alpha value is -6.38. The Morgan fingerprint density at radius 1 is 0.352 bits per heavy atom. The summed E-state index contributed by atoms with van der Waals surface area (Å²) in [6.45, 7) is 0. The van der Waals surface area contributed by atoms with Crippen LogP contribution >= 0.6 is 0 Å². The molecular formula is C52H37NO. The first-order valence-corrected chi connectivity index (χ1v) is 19.3. The molecule has 0 amide bonds. The van der Waals surface area contributed by atoms with Crippen LogP contribution in [0.4, 0.5) is 17.1 Å². The molecular weight excluding hydrogens is 655 g/mol. The minimum Gasteiger partial charge on any atom is -0.456 e. The van der Waals surface area contributed by atoms with Crippen LogP contribution in [0.3, 0.4) is 0 Å². The zero-order valence-electron chi connectivity index (χ0n) is 29.9. The van der Waals surface area contributed by atoms with Crippen LogP contribution in [-0.2, 0) is 10.8 Å². The van der Waals surface area contributed by atoms with Gasteiger partial charge in [0.15, 0.2) is 0 Å². The van der Waals surface area contributed by atoms with Crippen LogP contribution < -0.4 is 4.90 Å². The van der Waals surface area contributed by atoms with Gasteiger partial charge in [0, 0.05) is 44.7 Å². The van der Waals surface area contributed by atoms with E-state index in [9.17, 15) is 0 Å². The average molecular weight is 692 g/mol. The summed E-state index contributed by atoms with van der Waals surface area (Å²) in [5, 5.41) is 4.76. The molecule has 8 aromatic carbocycles. The lowest BCUT2D eigenvalue weighted by atomic mass is 9.57. The van der Waals surface area contributed by atoms with Crippen molar-refractivity contribution in [2.75, 3.05) is 4.90 Å². The van der Waals surface area contributed by atoms with E-state index >= 15 is 0 Å². The van der Waals surface area contributed by atoms with E-state index in [1.54, 1.807) is 0 Å². The van der Waals surface area contributed by atoms with Crippen LogP contribution in [0.25, 0.3) is 55.0 Å². The largest absolute Gasteiger partial charge is 0.456 e. The van der Waals surface area contributed by atoms with Gasteiger partial charge in [-0.3, -0.25) is 0 Å². The Morgan fingerprint density at radius 2 is 0.833 bits per heavy atom. The molecule has 12 rings (SSSR count). The van der Waals surface area contributed by atoms with Crippen LogP contribution in [0.5, 0.6) is 0 Å². The van der Waals surface area contributed by atoms with Crippen LogP contribution in [0.1, 0.15) is 47.9 Å². The molecule has 0 aliphatic heterocycles. The molecule has 0 unspecified atom stereocenters. The fraction of sp³-hybridized carbons (Fsp3) is 0.115. The number of hydrogen-bond acceptors (Lipinski definition) is 2. The molecule has 1 fully saturated rings. The van der Waals surface area contributed by atoms with Gasteiger partial charge in [0.1, 0.15) is 11.2 Å². The quantitative estimate of drug-likeness (QED) is 0.183. The van der Waals surface area contributed by atoms with Crippen molar-refractivity contribution in [3.63, 3.8) is 0 Å². The number of anilines is 3. The van der Waals surface area contributed by atoms with Crippen molar-refractivity contribution in [2.45, 2.75) is 36.5 Å². The van der Waals surface area contributed by atoms with Crippen molar-refractivity contribution in [2.24, 2.45) is 0 Å². The Bertz CT molecular complexity index is 2930. The number of rotatable bonds is 3. The third-order valence-electron chi connectivity index (χ3n) is 13.3. The van der Waals surface area contributed by atoms with Crippen molar-refractivity contribution in [1.29, 1.82) is 0 Å². The molecule has 1 saturated carbocycles. The molecule has 3 aliphatic rings. The van der Waals surface area contributed by atoms with Gasteiger partial charge in [0.05, 0.1) is 0 Å². The first-order chi connectivity index (χ1) is 26.7. The van der Waals surface area contributed by atoms with E-state index in [4.69, 9.17) is 4.42 Å². The smallest absolute Gasteiger partial charge is 0.137 e. The molecule has 2 nitrogen and oxygen atoms in total. The Kier molecular flexibility index (Phi) is 6.17. The molecule has 1 heterocycles. The lowest BCUT2D eigenvalue weighted by molar-refractivity contribution is 0.265. The van der Waals surface area contributed by atoms with Crippen molar-refractivity contribution in [3.05, 3.63) is 198 Å². The van der Waals surface area contributed by atoms with Gasteiger partial charge in [0.25, 0.3) is 0 Å². The van der Waals surface area contributed by atoms with E-state index in [0.29, 0.717) is 0 Å². The van der Waals surface area contributed by atoms with Gasteiger partial charge in [-0.15, -0.1) is 0 Å². The summed E-state index contributed by atoms with van der Waals surface area (Å²) in [5.41, 5.74) is 16.8. The summed E-state index contributed by atoms with van der Waals surface area (Å²) in [6, 6.07) is 65.4. The summed E-state index contributed by atoms with van der Waals surface area (Å²) in [4.78, 5) is 2.43. The summed E-state index contributed by atoms with van der Waals surface area (Å²) in [5.74, 6) is 0. The van der Waals surface area contributed by atoms with E-state index in [1.807, 2.05) is 6.07 Å². The minimum absolute atomic E-state index is 0.0485. The van der Waals surface area contributed by atoms with Gasteiger partial charge in [-0.05, 0) is 123 Å². The fourth-order valence-electron chi connectivity index (χ4n) is 10.8. The summed E-state index contributed by atoms with van der Waals surface area (Å²) in [6.07, 6.45) is 4.44. The van der Waals surface area contributed by atoms with E-state index < -0.39 is 0 Å². The van der Waals surface area contributed by atoms with Crippen molar-refractivity contribution >= 4 is 49.8 Å². The molecule has 2 heteroatoms. The maximum Gasteiger partial charge on any atom is 0.137 e. The average Bonchev–Trinajstić information content (AvgIpc) is 3.83. The second-order valence-electron chi connectivity index (χ2n) is 15.7. The van der Waals surface area contributed by atoms with Gasteiger partial charge < -0.3 is 9.32 Å². The highest BCUT2D eigenvalue weighted by Gasteiger charge is 2.53. The maximum atomic E-state index is 6.46. The summed E-state index contributed by atoms with van der Waals surface area (Å²) >= 11 is 0. The maximum absolute atomic E-state index is 6.46. The normalized spacial score (nSPS) is 15.8. The van der Waals surface area contributed by atoms with Crippen LogP contribution in [0, 0.1) is 0 Å². The van der Waals surface area contributed by atoms with Gasteiger partial charge >= 0.3 is 0 Å². The summed E-state index contributed by atoms with van der Waals surface area (Å²) < 4.78 is 6.46. The Morgan fingerprint density at radius 3 is 1.54 bits per heavy atom. The third kappa shape index (κ3) is 4.06. The van der Waals surface area contributed by atoms with Crippen LogP contribution in [-0.4, -0.2) is 0 Å². The fourth-order valence-corrected chi connectivity index (χ4v) is 10.8. The second-order valence-corrected chi connectivity index (χ2v) is 15.7. The molecule has 0 atom stereocenters. The highest BCUT2D eigenvalue weighted by Crippen LogP contribution is 2.64. The number of fused-ring (bicyclic) bond motifs is 14. The number of hydrogen-bond donors (Lipinski definition) is 0. The van der Waals surface area contributed by atoms with Crippen LogP contribution in [0.2, 0.25) is 0 Å². The number of furan rings is 1. The van der Waals surface area contributed by atoms with Gasteiger partial charge in [0.2, 0.25) is 0 Å². The molecule has 9 aromatic rings. The van der Waals surface area contributed by atoms with Crippen molar-refractivity contribution < 1.29 is 4.42 Å². The molecule has 54 heavy (non-hydrogen) atoms. The lowest BCUT2D eigenvalue weighted by Crippen LogP contribution is -2.39. The minimum atomic E-state index is -0.0581. The second kappa shape index (κ2) is 11.1. The van der Waals surface area contributed by atoms with Gasteiger partial charge in [-0.2, -0.15) is 0 Å². The number of para-hydroxylation sites is 1. The predicted octanol–water partition coefficient (Wildman–Crippen LogP) is 14.0. The van der Waals surface area contributed by atoms with Gasteiger partial charge in [-0.25, -0.2) is 0 Å². The Labute approximate surface area is 314 Å². The molecule has 2 spiro atoms. The van der Waals surface area contributed by atoms with E-state index in [-0.39, 0.29) is 10.8 Å². The molecule has 0 N–H and O–H groups in total. The Balaban J connectivity index is 1.03. The topological polar surface area (TPSA) is 16.4 Å². The monoisotopic (exact) mass is 691 g/mol. The van der Waals surface area contributed by atoms with E-state index in [1.165, 1.54) is 61.0 Å². The molecule has 0 bridgehead atoms. The lowest BCUT2D eigenvalue weighted by Gasteiger charge is -2.45. The zero-order chi connectivity index (χ0) is 35.4. The first-order valence-electron chi connectivity index (χ1n) is 19.3. The molecule has 3 aliphatic carbocycles. The zero-order valence-corrected chi connectivity index (χ0v) is 29.9. The molecule has 0 saturated heterocycles. The first kappa shape index (κ1) is 30.1. The number of benzene rings is 8.